The Hall–Kier alpha value is -2.17. The monoisotopic (exact) mass is 309 g/mol. The lowest BCUT2D eigenvalue weighted by Gasteiger charge is -2.11. The molecule has 1 heterocycles. The van der Waals surface area contributed by atoms with E-state index in [2.05, 4.69) is 33.7 Å². The average molecular weight is 309 g/mol. The number of rotatable bonds is 5. The van der Waals surface area contributed by atoms with Crippen LogP contribution in [0.25, 0.3) is 0 Å². The number of hydrogen-bond donors (Lipinski definition) is 2. The SMILES string of the molecule is CN(C)Cc1cccc(C(=O)NCc2ccc3c(c2)CNC3)c1. The molecule has 4 heteroatoms. The highest BCUT2D eigenvalue weighted by Crippen LogP contribution is 2.17. The molecular weight excluding hydrogens is 286 g/mol. The van der Waals surface area contributed by atoms with Gasteiger partial charge < -0.3 is 15.5 Å². The summed E-state index contributed by atoms with van der Waals surface area (Å²) in [5.41, 5.74) is 5.70. The van der Waals surface area contributed by atoms with Gasteiger partial charge in [0.05, 0.1) is 0 Å². The van der Waals surface area contributed by atoms with Gasteiger partial charge in [-0.3, -0.25) is 4.79 Å². The van der Waals surface area contributed by atoms with E-state index in [0.717, 1.165) is 30.8 Å². The van der Waals surface area contributed by atoms with Gasteiger partial charge in [-0.15, -0.1) is 0 Å². The van der Waals surface area contributed by atoms with Gasteiger partial charge in [-0.05, 0) is 48.5 Å². The predicted octanol–water partition coefficient (Wildman–Crippen LogP) is 2.28. The fraction of sp³-hybridized carbons (Fsp3) is 0.316. The smallest absolute Gasteiger partial charge is 0.251 e. The van der Waals surface area contributed by atoms with Crippen LogP contribution in [0, 0.1) is 0 Å². The summed E-state index contributed by atoms with van der Waals surface area (Å²) < 4.78 is 0. The van der Waals surface area contributed by atoms with Crippen LogP contribution in [0.5, 0.6) is 0 Å². The van der Waals surface area contributed by atoms with Crippen LogP contribution in [0.4, 0.5) is 0 Å². The Kier molecular flexibility index (Phi) is 4.74. The maximum atomic E-state index is 12.4. The van der Waals surface area contributed by atoms with Crippen molar-refractivity contribution in [2.45, 2.75) is 26.2 Å². The standard InChI is InChI=1S/C19H23N3O/c1-22(2)13-15-4-3-5-16(9-15)19(23)21-10-14-6-7-17-11-20-12-18(17)8-14/h3-9,20H,10-13H2,1-2H3,(H,21,23). The van der Waals surface area contributed by atoms with Gasteiger partial charge >= 0.3 is 0 Å². The number of hydrogen-bond acceptors (Lipinski definition) is 3. The molecule has 1 aliphatic rings. The second-order valence-corrected chi connectivity index (χ2v) is 6.33. The largest absolute Gasteiger partial charge is 0.348 e. The summed E-state index contributed by atoms with van der Waals surface area (Å²) in [7, 11) is 4.05. The number of carbonyl (C=O) groups is 1. The molecule has 4 nitrogen and oxygen atoms in total. The van der Waals surface area contributed by atoms with E-state index in [0.29, 0.717) is 12.1 Å². The van der Waals surface area contributed by atoms with Gasteiger partial charge in [0.1, 0.15) is 0 Å². The predicted molar refractivity (Wildman–Crippen MR) is 92.0 cm³/mol. The van der Waals surface area contributed by atoms with E-state index >= 15 is 0 Å². The summed E-state index contributed by atoms with van der Waals surface area (Å²) in [5, 5.41) is 6.35. The summed E-state index contributed by atoms with van der Waals surface area (Å²) in [5.74, 6) is -0.0239. The Labute approximate surface area is 137 Å². The minimum Gasteiger partial charge on any atom is -0.348 e. The molecule has 1 aliphatic heterocycles. The molecule has 0 unspecified atom stereocenters. The third-order valence-electron chi connectivity index (χ3n) is 4.04. The molecule has 3 rings (SSSR count). The Morgan fingerprint density at radius 2 is 1.91 bits per heavy atom. The topological polar surface area (TPSA) is 44.4 Å². The van der Waals surface area contributed by atoms with Crippen LogP contribution in [0.2, 0.25) is 0 Å². The van der Waals surface area contributed by atoms with Crippen molar-refractivity contribution in [1.29, 1.82) is 0 Å². The van der Waals surface area contributed by atoms with E-state index < -0.39 is 0 Å². The lowest BCUT2D eigenvalue weighted by atomic mass is 10.1. The van der Waals surface area contributed by atoms with Gasteiger partial charge in [0, 0.05) is 31.7 Å². The second-order valence-electron chi connectivity index (χ2n) is 6.33. The van der Waals surface area contributed by atoms with Crippen molar-refractivity contribution in [3.8, 4) is 0 Å². The van der Waals surface area contributed by atoms with Gasteiger partial charge in [0.2, 0.25) is 0 Å². The molecule has 0 fully saturated rings. The molecule has 0 bridgehead atoms. The van der Waals surface area contributed by atoms with Crippen LogP contribution in [-0.4, -0.2) is 24.9 Å². The highest BCUT2D eigenvalue weighted by molar-refractivity contribution is 5.94. The molecule has 0 aliphatic carbocycles. The third-order valence-corrected chi connectivity index (χ3v) is 4.04. The minimum absolute atomic E-state index is 0.0239. The zero-order valence-electron chi connectivity index (χ0n) is 13.7. The Morgan fingerprint density at radius 3 is 2.74 bits per heavy atom. The zero-order valence-corrected chi connectivity index (χ0v) is 13.7. The molecule has 0 atom stereocenters. The van der Waals surface area contributed by atoms with E-state index in [1.54, 1.807) is 0 Å². The summed E-state index contributed by atoms with van der Waals surface area (Å²) in [6.45, 7) is 3.26. The van der Waals surface area contributed by atoms with Crippen LogP contribution < -0.4 is 10.6 Å². The summed E-state index contributed by atoms with van der Waals surface area (Å²) in [6.07, 6.45) is 0. The van der Waals surface area contributed by atoms with Crippen molar-refractivity contribution in [2.75, 3.05) is 14.1 Å². The summed E-state index contributed by atoms with van der Waals surface area (Å²) >= 11 is 0. The maximum Gasteiger partial charge on any atom is 0.251 e. The van der Waals surface area contributed by atoms with Gasteiger partial charge in [-0.25, -0.2) is 0 Å². The number of carbonyl (C=O) groups excluding carboxylic acids is 1. The van der Waals surface area contributed by atoms with Crippen molar-refractivity contribution in [3.63, 3.8) is 0 Å². The third kappa shape index (κ3) is 3.97. The molecule has 0 saturated heterocycles. The summed E-state index contributed by atoms with van der Waals surface area (Å²) in [6, 6.07) is 14.2. The average Bonchev–Trinajstić information content (AvgIpc) is 3.00. The molecule has 1 amide bonds. The van der Waals surface area contributed by atoms with Crippen molar-refractivity contribution in [2.24, 2.45) is 0 Å². The minimum atomic E-state index is -0.0239. The van der Waals surface area contributed by atoms with Crippen molar-refractivity contribution >= 4 is 5.91 Å². The highest BCUT2D eigenvalue weighted by Gasteiger charge is 2.11. The molecular formula is C19H23N3O. The normalized spacial score (nSPS) is 13.2. The molecule has 120 valence electrons. The van der Waals surface area contributed by atoms with Crippen LogP contribution in [0.15, 0.2) is 42.5 Å². The lowest BCUT2D eigenvalue weighted by molar-refractivity contribution is 0.0950. The first-order chi connectivity index (χ1) is 11.1. The van der Waals surface area contributed by atoms with E-state index in [4.69, 9.17) is 0 Å². The number of nitrogens with one attached hydrogen (secondary N) is 2. The fourth-order valence-corrected chi connectivity index (χ4v) is 2.92. The van der Waals surface area contributed by atoms with Crippen LogP contribution in [-0.2, 0) is 26.2 Å². The second kappa shape index (κ2) is 6.94. The van der Waals surface area contributed by atoms with Gasteiger partial charge in [0.15, 0.2) is 0 Å². The molecule has 0 saturated carbocycles. The van der Waals surface area contributed by atoms with E-state index in [1.807, 2.05) is 38.4 Å². The molecule has 2 N–H and O–H groups in total. The molecule has 23 heavy (non-hydrogen) atoms. The van der Waals surface area contributed by atoms with Crippen LogP contribution >= 0.6 is 0 Å². The Morgan fingerprint density at radius 1 is 1.09 bits per heavy atom. The number of nitrogens with zero attached hydrogens (tertiary/aromatic N) is 1. The van der Waals surface area contributed by atoms with Gasteiger partial charge in [-0.2, -0.15) is 0 Å². The molecule has 0 spiro atoms. The number of benzene rings is 2. The molecule has 0 radical (unpaired) electrons. The molecule has 0 aromatic heterocycles. The summed E-state index contributed by atoms with van der Waals surface area (Å²) in [4.78, 5) is 14.4. The highest BCUT2D eigenvalue weighted by atomic mass is 16.1. The van der Waals surface area contributed by atoms with Gasteiger partial charge in [-0.1, -0.05) is 30.3 Å². The fourth-order valence-electron chi connectivity index (χ4n) is 2.92. The van der Waals surface area contributed by atoms with Gasteiger partial charge in [0.25, 0.3) is 5.91 Å². The van der Waals surface area contributed by atoms with E-state index in [1.165, 1.54) is 11.1 Å². The molecule has 2 aromatic carbocycles. The number of fused-ring (bicyclic) bond motifs is 1. The van der Waals surface area contributed by atoms with Crippen LogP contribution in [0.1, 0.15) is 32.6 Å². The Bertz CT molecular complexity index is 710. The first-order valence-corrected chi connectivity index (χ1v) is 7.95. The van der Waals surface area contributed by atoms with Crippen molar-refractivity contribution in [1.82, 2.24) is 15.5 Å². The van der Waals surface area contributed by atoms with Crippen molar-refractivity contribution < 1.29 is 4.79 Å². The quantitative estimate of drug-likeness (QED) is 0.890. The number of amides is 1. The molecule has 2 aromatic rings. The van der Waals surface area contributed by atoms with E-state index in [-0.39, 0.29) is 5.91 Å². The van der Waals surface area contributed by atoms with Crippen molar-refractivity contribution in [3.05, 3.63) is 70.3 Å². The first kappa shape index (κ1) is 15.7. The van der Waals surface area contributed by atoms with Crippen LogP contribution in [0.3, 0.4) is 0 Å². The maximum absolute atomic E-state index is 12.4. The zero-order chi connectivity index (χ0) is 16.2. The van der Waals surface area contributed by atoms with E-state index in [9.17, 15) is 4.79 Å². The first-order valence-electron chi connectivity index (χ1n) is 7.95. The Balaban J connectivity index is 1.63. The lowest BCUT2D eigenvalue weighted by Crippen LogP contribution is -2.23.